The van der Waals surface area contributed by atoms with Crippen LogP contribution in [0.2, 0.25) is 5.02 Å². The normalized spacial score (nSPS) is 16.1. The van der Waals surface area contributed by atoms with Crippen LogP contribution in [0.15, 0.2) is 48.5 Å². The van der Waals surface area contributed by atoms with E-state index in [9.17, 15) is 14.0 Å². The fourth-order valence-corrected chi connectivity index (χ4v) is 5.72. The van der Waals surface area contributed by atoms with E-state index in [1.165, 1.54) is 28.8 Å². The van der Waals surface area contributed by atoms with Crippen LogP contribution in [0.1, 0.15) is 48.4 Å². The Kier molecular flexibility index (Phi) is 7.24. The molecule has 0 bridgehead atoms. The fraction of sp³-hybridized carbons (Fsp3) is 0.346. The molecule has 0 saturated heterocycles. The molecule has 2 heterocycles. The van der Waals surface area contributed by atoms with Crippen molar-refractivity contribution >= 4 is 41.0 Å². The first-order valence-corrected chi connectivity index (χ1v) is 12.7. The first kappa shape index (κ1) is 25.3. The van der Waals surface area contributed by atoms with Gasteiger partial charge in [0.15, 0.2) is 0 Å². The lowest BCUT2D eigenvalue weighted by Gasteiger charge is -2.24. The first-order chi connectivity index (χ1) is 16.6. The number of carbonyl (C=O) groups is 2. The molecule has 0 aliphatic carbocycles. The molecule has 2 aromatic carbocycles. The molecule has 0 radical (unpaired) electrons. The van der Waals surface area contributed by atoms with Crippen molar-refractivity contribution in [3.63, 3.8) is 0 Å². The average Bonchev–Trinajstić information content (AvgIpc) is 3.08. The second-order valence-electron chi connectivity index (χ2n) is 9.56. The van der Waals surface area contributed by atoms with E-state index in [1.54, 1.807) is 23.9 Å². The molecule has 2 amide bonds. The molecule has 0 saturated carbocycles. The molecule has 1 aliphatic heterocycles. The molecule has 184 valence electrons. The molecule has 1 unspecified atom stereocenters. The summed E-state index contributed by atoms with van der Waals surface area (Å²) in [5.74, 6) is -0.0233. The highest BCUT2D eigenvalue weighted by Gasteiger charge is 2.39. The summed E-state index contributed by atoms with van der Waals surface area (Å²) in [5.41, 5.74) is 3.14. The highest BCUT2D eigenvalue weighted by molar-refractivity contribution is 8.00. The Morgan fingerprint density at radius 3 is 2.54 bits per heavy atom. The van der Waals surface area contributed by atoms with Crippen LogP contribution < -0.4 is 10.2 Å². The quantitative estimate of drug-likeness (QED) is 0.520. The van der Waals surface area contributed by atoms with Gasteiger partial charge in [-0.2, -0.15) is 5.10 Å². The number of benzene rings is 2. The summed E-state index contributed by atoms with van der Waals surface area (Å²) in [5, 5.41) is 8.05. The van der Waals surface area contributed by atoms with Crippen molar-refractivity contribution in [2.75, 3.05) is 17.2 Å². The van der Waals surface area contributed by atoms with Crippen molar-refractivity contribution in [1.82, 2.24) is 15.1 Å². The molecule has 1 aliphatic rings. The van der Waals surface area contributed by atoms with E-state index in [-0.39, 0.29) is 47.1 Å². The summed E-state index contributed by atoms with van der Waals surface area (Å²) in [4.78, 5) is 27.7. The number of rotatable bonds is 5. The summed E-state index contributed by atoms with van der Waals surface area (Å²) in [6, 6.07) is 13.6. The summed E-state index contributed by atoms with van der Waals surface area (Å²) >= 11 is 8.08. The first-order valence-electron chi connectivity index (χ1n) is 11.3. The number of hydrogen-bond acceptors (Lipinski definition) is 4. The van der Waals surface area contributed by atoms with Gasteiger partial charge in [-0.05, 0) is 29.3 Å². The van der Waals surface area contributed by atoms with Gasteiger partial charge in [0, 0.05) is 29.6 Å². The number of aromatic nitrogens is 2. The number of aryl methyl sites for hydroxylation is 1. The zero-order valence-corrected chi connectivity index (χ0v) is 21.7. The molecular formula is C26H28ClFN4O2S. The Morgan fingerprint density at radius 2 is 1.89 bits per heavy atom. The van der Waals surface area contributed by atoms with Crippen molar-refractivity contribution < 1.29 is 14.0 Å². The summed E-state index contributed by atoms with van der Waals surface area (Å²) in [6.07, 6.45) is 0. The smallest absolute Gasteiger partial charge is 0.240 e. The Labute approximate surface area is 213 Å². The SMILES string of the molecule is Cn1nc(C(C)(C)C)c2c1N(CC(=O)NCc1ccc(F)cc1)C(=O)CSC2c1ccccc1Cl. The van der Waals surface area contributed by atoms with Crippen LogP contribution in [0, 0.1) is 5.82 Å². The number of fused-ring (bicyclic) bond motifs is 1. The van der Waals surface area contributed by atoms with Gasteiger partial charge >= 0.3 is 0 Å². The number of hydrogen-bond donors (Lipinski definition) is 1. The molecule has 35 heavy (non-hydrogen) atoms. The molecule has 3 aromatic rings. The number of halogens is 2. The minimum Gasteiger partial charge on any atom is -0.350 e. The third-order valence-electron chi connectivity index (χ3n) is 5.85. The number of thioether (sulfide) groups is 1. The van der Waals surface area contributed by atoms with Gasteiger partial charge < -0.3 is 5.32 Å². The number of anilines is 1. The van der Waals surface area contributed by atoms with Crippen LogP contribution in [0.3, 0.4) is 0 Å². The summed E-state index contributed by atoms with van der Waals surface area (Å²) < 4.78 is 14.9. The second-order valence-corrected chi connectivity index (χ2v) is 11.1. The van der Waals surface area contributed by atoms with Crippen LogP contribution in [0.25, 0.3) is 0 Å². The van der Waals surface area contributed by atoms with Crippen LogP contribution in [-0.4, -0.2) is 33.9 Å². The molecule has 6 nitrogen and oxygen atoms in total. The lowest BCUT2D eigenvalue weighted by Crippen LogP contribution is -2.42. The van der Waals surface area contributed by atoms with E-state index >= 15 is 0 Å². The summed E-state index contributed by atoms with van der Waals surface area (Å²) in [7, 11) is 1.80. The highest BCUT2D eigenvalue weighted by Crippen LogP contribution is 2.48. The topological polar surface area (TPSA) is 67.2 Å². The molecule has 9 heteroatoms. The third kappa shape index (κ3) is 5.38. The van der Waals surface area contributed by atoms with E-state index < -0.39 is 0 Å². The van der Waals surface area contributed by atoms with Gasteiger partial charge in [0.05, 0.1) is 16.7 Å². The predicted octanol–water partition coefficient (Wildman–Crippen LogP) is 5.00. The largest absolute Gasteiger partial charge is 0.350 e. The van der Waals surface area contributed by atoms with Crippen LogP contribution in [0.4, 0.5) is 10.2 Å². The van der Waals surface area contributed by atoms with Crippen LogP contribution in [-0.2, 0) is 28.6 Å². The standard InChI is InChI=1S/C26H28ClFN4O2S/c1-26(2,3)24-22-23(18-7-5-6-8-19(18)27)35-15-21(34)32(25(22)31(4)30-24)14-20(33)29-13-16-9-11-17(28)12-10-16/h5-12,23H,13-15H2,1-4H3,(H,29,33). The van der Waals surface area contributed by atoms with Crippen molar-refractivity contribution in [2.24, 2.45) is 7.05 Å². The van der Waals surface area contributed by atoms with Gasteiger partial charge in [-0.15, -0.1) is 11.8 Å². The Morgan fingerprint density at radius 1 is 1.20 bits per heavy atom. The van der Waals surface area contributed by atoms with E-state index in [1.807, 2.05) is 24.3 Å². The number of carbonyl (C=O) groups excluding carboxylic acids is 2. The maximum absolute atomic E-state index is 13.3. The van der Waals surface area contributed by atoms with Crippen molar-refractivity contribution in [3.8, 4) is 0 Å². The average molecular weight is 515 g/mol. The maximum Gasteiger partial charge on any atom is 0.240 e. The van der Waals surface area contributed by atoms with E-state index in [2.05, 4.69) is 26.1 Å². The van der Waals surface area contributed by atoms with Gasteiger partial charge in [-0.25, -0.2) is 4.39 Å². The molecule has 1 N–H and O–H groups in total. The van der Waals surface area contributed by atoms with Gasteiger partial charge in [-0.1, -0.05) is 62.7 Å². The number of amides is 2. The van der Waals surface area contributed by atoms with Crippen molar-refractivity contribution in [2.45, 2.75) is 38.0 Å². The summed E-state index contributed by atoms with van der Waals surface area (Å²) in [6.45, 7) is 6.33. The molecule has 1 atom stereocenters. The maximum atomic E-state index is 13.3. The minimum absolute atomic E-state index is 0.147. The highest BCUT2D eigenvalue weighted by atomic mass is 35.5. The van der Waals surface area contributed by atoms with Gasteiger partial charge in [0.25, 0.3) is 0 Å². The third-order valence-corrected chi connectivity index (χ3v) is 7.43. The van der Waals surface area contributed by atoms with Gasteiger partial charge in [0.1, 0.15) is 18.2 Å². The predicted molar refractivity (Wildman–Crippen MR) is 138 cm³/mol. The zero-order valence-electron chi connectivity index (χ0n) is 20.1. The number of nitrogens with zero attached hydrogens (tertiary/aromatic N) is 3. The minimum atomic E-state index is -0.334. The van der Waals surface area contributed by atoms with Gasteiger partial charge in [0.2, 0.25) is 11.8 Å². The second kappa shape index (κ2) is 10.0. The zero-order chi connectivity index (χ0) is 25.3. The van der Waals surface area contributed by atoms with Gasteiger partial charge in [-0.3, -0.25) is 19.2 Å². The molecular weight excluding hydrogens is 487 g/mol. The monoisotopic (exact) mass is 514 g/mol. The van der Waals surface area contributed by atoms with Crippen molar-refractivity contribution in [1.29, 1.82) is 0 Å². The van der Waals surface area contributed by atoms with E-state index in [4.69, 9.17) is 16.7 Å². The fourth-order valence-electron chi connectivity index (χ4n) is 4.18. The Balaban J connectivity index is 1.70. The lowest BCUT2D eigenvalue weighted by molar-refractivity contribution is -0.123. The van der Waals surface area contributed by atoms with E-state index in [0.717, 1.165) is 22.4 Å². The van der Waals surface area contributed by atoms with E-state index in [0.29, 0.717) is 10.8 Å². The molecule has 0 spiro atoms. The Bertz CT molecular complexity index is 1250. The number of nitrogens with one attached hydrogen (secondary N) is 1. The van der Waals surface area contributed by atoms with Crippen LogP contribution >= 0.6 is 23.4 Å². The molecule has 4 rings (SSSR count). The lowest BCUT2D eigenvalue weighted by atomic mass is 9.87. The Hall–Kier alpha value is -2.84. The van der Waals surface area contributed by atoms with Crippen molar-refractivity contribution in [3.05, 3.63) is 81.8 Å². The molecule has 1 aromatic heterocycles. The molecule has 0 fully saturated rings. The van der Waals surface area contributed by atoms with Crippen LogP contribution in [0.5, 0.6) is 0 Å².